The molecule has 3 rings (SSSR count). The molecule has 7 heteroatoms. The number of rotatable bonds is 4. The SMILES string of the molecule is Cc1cc(C(=O)CN2C(=O)NC(C)C2=O)c(C)n1-c1ccc(F)cc1. The number of imide groups is 1. The number of Topliss-reactive ketones (excluding diaryl/α,β-unsaturated/α-hetero) is 1. The Hall–Kier alpha value is -2.96. The Kier molecular flexibility index (Phi) is 4.16. The number of urea groups is 1. The first-order chi connectivity index (χ1) is 11.8. The van der Waals surface area contributed by atoms with Crippen LogP contribution < -0.4 is 5.32 Å². The van der Waals surface area contributed by atoms with Crippen molar-refractivity contribution in [3.8, 4) is 5.69 Å². The second-order valence-electron chi connectivity index (χ2n) is 6.12. The molecule has 0 radical (unpaired) electrons. The lowest BCUT2D eigenvalue weighted by Crippen LogP contribution is -2.36. The number of benzene rings is 1. The van der Waals surface area contributed by atoms with E-state index in [4.69, 9.17) is 0 Å². The average molecular weight is 343 g/mol. The van der Waals surface area contributed by atoms with Crippen molar-refractivity contribution in [2.75, 3.05) is 6.54 Å². The first-order valence-electron chi connectivity index (χ1n) is 7.89. The van der Waals surface area contributed by atoms with E-state index in [0.29, 0.717) is 11.3 Å². The summed E-state index contributed by atoms with van der Waals surface area (Å²) in [6.45, 7) is 4.88. The summed E-state index contributed by atoms with van der Waals surface area (Å²) in [6.07, 6.45) is 0. The molecule has 6 nitrogen and oxygen atoms in total. The fraction of sp³-hybridized carbons (Fsp3) is 0.278. The minimum absolute atomic E-state index is 0.303. The molecule has 1 saturated heterocycles. The minimum atomic E-state index is -0.619. The van der Waals surface area contributed by atoms with Gasteiger partial charge in [-0.3, -0.25) is 14.5 Å². The molecule has 1 aromatic carbocycles. The van der Waals surface area contributed by atoms with Crippen LogP contribution in [-0.2, 0) is 4.79 Å². The van der Waals surface area contributed by atoms with Gasteiger partial charge in [-0.1, -0.05) is 0 Å². The van der Waals surface area contributed by atoms with Gasteiger partial charge in [0.15, 0.2) is 5.78 Å². The third-order valence-electron chi connectivity index (χ3n) is 4.34. The molecule has 130 valence electrons. The van der Waals surface area contributed by atoms with Crippen LogP contribution in [0.2, 0.25) is 0 Å². The van der Waals surface area contributed by atoms with Crippen LogP contribution in [0.1, 0.15) is 28.7 Å². The maximum Gasteiger partial charge on any atom is 0.325 e. The van der Waals surface area contributed by atoms with Crippen LogP contribution >= 0.6 is 0 Å². The third kappa shape index (κ3) is 2.93. The lowest BCUT2D eigenvalue weighted by Gasteiger charge is -2.12. The zero-order valence-electron chi connectivity index (χ0n) is 14.2. The maximum absolute atomic E-state index is 13.1. The van der Waals surface area contributed by atoms with Crippen molar-refractivity contribution < 1.29 is 18.8 Å². The number of nitrogens with zero attached hydrogens (tertiary/aromatic N) is 2. The number of halogens is 1. The molecule has 0 bridgehead atoms. The van der Waals surface area contributed by atoms with E-state index in [2.05, 4.69) is 5.32 Å². The van der Waals surface area contributed by atoms with E-state index in [9.17, 15) is 18.8 Å². The quantitative estimate of drug-likeness (QED) is 0.684. The highest BCUT2D eigenvalue weighted by Crippen LogP contribution is 2.22. The molecule has 0 saturated carbocycles. The van der Waals surface area contributed by atoms with E-state index >= 15 is 0 Å². The molecule has 0 aliphatic carbocycles. The van der Waals surface area contributed by atoms with E-state index in [1.54, 1.807) is 32.0 Å². The number of hydrogen-bond donors (Lipinski definition) is 1. The number of hydrogen-bond acceptors (Lipinski definition) is 3. The topological polar surface area (TPSA) is 71.4 Å². The van der Waals surface area contributed by atoms with Gasteiger partial charge in [0.1, 0.15) is 11.9 Å². The summed E-state index contributed by atoms with van der Waals surface area (Å²) in [6, 6.07) is 6.49. The molecule has 1 atom stereocenters. The predicted molar refractivity (Wildman–Crippen MR) is 89.2 cm³/mol. The van der Waals surface area contributed by atoms with Crippen LogP contribution in [0, 0.1) is 19.7 Å². The number of amides is 3. The fourth-order valence-corrected chi connectivity index (χ4v) is 3.07. The standard InChI is InChI=1S/C18H18FN3O3/c1-10-8-15(12(3)22(10)14-6-4-13(19)5-7-14)16(23)9-21-17(24)11(2)20-18(21)25/h4-8,11H,9H2,1-3H3,(H,20,25). The average Bonchev–Trinajstić information content (AvgIpc) is 2.99. The van der Waals surface area contributed by atoms with E-state index < -0.39 is 18.0 Å². The van der Waals surface area contributed by atoms with Gasteiger partial charge in [0.05, 0.1) is 6.54 Å². The van der Waals surface area contributed by atoms with Crippen molar-refractivity contribution in [1.29, 1.82) is 0 Å². The Morgan fingerprint density at radius 3 is 2.40 bits per heavy atom. The Balaban J connectivity index is 1.90. The zero-order valence-corrected chi connectivity index (χ0v) is 14.2. The van der Waals surface area contributed by atoms with Crippen LogP contribution in [0.15, 0.2) is 30.3 Å². The van der Waals surface area contributed by atoms with Crippen LogP contribution in [-0.4, -0.2) is 39.8 Å². The summed E-state index contributed by atoms with van der Waals surface area (Å²) in [7, 11) is 0. The van der Waals surface area contributed by atoms with Gasteiger partial charge >= 0.3 is 6.03 Å². The molecule has 1 aliphatic rings. The van der Waals surface area contributed by atoms with Gasteiger partial charge < -0.3 is 9.88 Å². The molecule has 1 unspecified atom stereocenters. The van der Waals surface area contributed by atoms with E-state index in [0.717, 1.165) is 16.3 Å². The lowest BCUT2D eigenvalue weighted by molar-refractivity contribution is -0.126. The van der Waals surface area contributed by atoms with E-state index in [1.807, 2.05) is 11.5 Å². The Morgan fingerprint density at radius 1 is 1.20 bits per heavy atom. The first kappa shape index (κ1) is 16.9. The van der Waals surface area contributed by atoms with E-state index in [1.165, 1.54) is 12.1 Å². The smallest absolute Gasteiger partial charge is 0.325 e. The molecule has 0 spiro atoms. The van der Waals surface area contributed by atoms with Gasteiger partial charge in [0.2, 0.25) is 0 Å². The molecule has 1 aliphatic heterocycles. The van der Waals surface area contributed by atoms with Crippen molar-refractivity contribution in [2.24, 2.45) is 0 Å². The molecule has 1 N–H and O–H groups in total. The molecule has 3 amide bonds. The van der Waals surface area contributed by atoms with Crippen LogP contribution in [0.4, 0.5) is 9.18 Å². The van der Waals surface area contributed by atoms with Crippen molar-refractivity contribution in [2.45, 2.75) is 26.8 Å². The second-order valence-corrected chi connectivity index (χ2v) is 6.12. The largest absolute Gasteiger partial charge is 0.326 e. The summed E-state index contributed by atoms with van der Waals surface area (Å²) in [4.78, 5) is 37.3. The normalized spacial score (nSPS) is 17.1. The lowest BCUT2D eigenvalue weighted by atomic mass is 10.1. The van der Waals surface area contributed by atoms with Gasteiger partial charge in [-0.15, -0.1) is 0 Å². The summed E-state index contributed by atoms with van der Waals surface area (Å²) in [5.74, 6) is -1.07. The predicted octanol–water partition coefficient (Wildman–Crippen LogP) is 2.36. The van der Waals surface area contributed by atoms with Gasteiger partial charge in [-0.2, -0.15) is 0 Å². The van der Waals surface area contributed by atoms with Crippen molar-refractivity contribution >= 4 is 17.7 Å². The Labute approximate surface area is 144 Å². The van der Waals surface area contributed by atoms with Crippen LogP contribution in [0.3, 0.4) is 0 Å². The number of aromatic nitrogens is 1. The maximum atomic E-state index is 13.1. The summed E-state index contributed by atoms with van der Waals surface area (Å²) >= 11 is 0. The highest BCUT2D eigenvalue weighted by molar-refractivity contribution is 6.09. The molecule has 1 aromatic heterocycles. The monoisotopic (exact) mass is 343 g/mol. The molecule has 1 fully saturated rings. The van der Waals surface area contributed by atoms with Crippen molar-refractivity contribution in [3.63, 3.8) is 0 Å². The van der Waals surface area contributed by atoms with E-state index in [-0.39, 0.29) is 18.1 Å². The fourth-order valence-electron chi connectivity index (χ4n) is 3.07. The molecular formula is C18H18FN3O3. The number of nitrogens with one attached hydrogen (secondary N) is 1. The Bertz CT molecular complexity index is 870. The summed E-state index contributed by atoms with van der Waals surface area (Å²) in [5, 5.41) is 2.48. The van der Waals surface area contributed by atoms with Crippen LogP contribution in [0.25, 0.3) is 5.69 Å². The first-order valence-corrected chi connectivity index (χ1v) is 7.89. The summed E-state index contributed by atoms with van der Waals surface area (Å²) < 4.78 is 15.0. The van der Waals surface area contributed by atoms with Crippen molar-refractivity contribution in [1.82, 2.24) is 14.8 Å². The van der Waals surface area contributed by atoms with Crippen LogP contribution in [0.5, 0.6) is 0 Å². The van der Waals surface area contributed by atoms with Gasteiger partial charge in [0.25, 0.3) is 5.91 Å². The van der Waals surface area contributed by atoms with Gasteiger partial charge in [-0.05, 0) is 51.1 Å². The molecule has 2 aromatic rings. The molecule has 25 heavy (non-hydrogen) atoms. The van der Waals surface area contributed by atoms with Gasteiger partial charge in [0, 0.05) is 22.6 Å². The number of ketones is 1. The third-order valence-corrected chi connectivity index (χ3v) is 4.34. The molecule has 2 heterocycles. The molecular weight excluding hydrogens is 325 g/mol. The number of carbonyl (C=O) groups excluding carboxylic acids is 3. The highest BCUT2D eigenvalue weighted by atomic mass is 19.1. The summed E-state index contributed by atoms with van der Waals surface area (Å²) in [5.41, 5.74) is 2.65. The minimum Gasteiger partial charge on any atom is -0.326 e. The Morgan fingerprint density at radius 2 is 1.84 bits per heavy atom. The second kappa shape index (κ2) is 6.16. The highest BCUT2D eigenvalue weighted by Gasteiger charge is 2.36. The zero-order chi connectivity index (χ0) is 18.3. The van der Waals surface area contributed by atoms with Crippen molar-refractivity contribution in [3.05, 3.63) is 53.1 Å². The number of aryl methyl sites for hydroxylation is 1. The van der Waals surface area contributed by atoms with Gasteiger partial charge in [-0.25, -0.2) is 9.18 Å². The number of carbonyl (C=O) groups is 3.